The van der Waals surface area contributed by atoms with Crippen molar-refractivity contribution in [3.63, 3.8) is 0 Å². The highest BCUT2D eigenvalue weighted by Crippen LogP contribution is 2.44. The summed E-state index contributed by atoms with van der Waals surface area (Å²) in [5.41, 5.74) is 9.19. The van der Waals surface area contributed by atoms with Crippen molar-refractivity contribution in [2.45, 2.75) is 50.6 Å². The molecule has 12 nitrogen and oxygen atoms in total. The molecule has 3 atom stereocenters. The van der Waals surface area contributed by atoms with Gasteiger partial charge in [0, 0.05) is 31.2 Å². The van der Waals surface area contributed by atoms with Crippen molar-refractivity contribution in [1.29, 1.82) is 0 Å². The second kappa shape index (κ2) is 9.01. The van der Waals surface area contributed by atoms with E-state index in [4.69, 9.17) is 10.7 Å². The van der Waals surface area contributed by atoms with Gasteiger partial charge in [-0.1, -0.05) is 0 Å². The number of amides is 1. The number of hydrogen-bond acceptors (Lipinski definition) is 9. The van der Waals surface area contributed by atoms with E-state index in [1.54, 1.807) is 30.4 Å². The minimum atomic E-state index is -0.507. The summed E-state index contributed by atoms with van der Waals surface area (Å²) in [5.74, 6) is -0.763. The fourth-order valence-electron chi connectivity index (χ4n) is 6.13. The van der Waals surface area contributed by atoms with E-state index in [1.165, 1.54) is 22.3 Å². The first-order valence-electron chi connectivity index (χ1n) is 12.6. The van der Waals surface area contributed by atoms with Crippen molar-refractivity contribution < 1.29 is 19.1 Å². The van der Waals surface area contributed by atoms with E-state index in [-0.39, 0.29) is 47.9 Å². The summed E-state index contributed by atoms with van der Waals surface area (Å²) in [6, 6.07) is -0.0155. The monoisotopic (exact) mass is 521 g/mol. The molecular formula is C25H28FN9O3. The highest BCUT2D eigenvalue weighted by atomic mass is 19.1. The van der Waals surface area contributed by atoms with Crippen molar-refractivity contribution >= 4 is 34.6 Å². The number of aromatic nitrogens is 5. The Balaban J connectivity index is 1.35. The van der Waals surface area contributed by atoms with Crippen LogP contribution >= 0.6 is 0 Å². The number of nitrogens with zero attached hydrogens (tertiary/aromatic N) is 8. The van der Waals surface area contributed by atoms with E-state index in [2.05, 4.69) is 15.2 Å². The number of ketones is 1. The summed E-state index contributed by atoms with van der Waals surface area (Å²) >= 11 is 0. The fourth-order valence-corrected chi connectivity index (χ4v) is 6.13. The molecule has 1 amide bonds. The number of carbonyl (C=O) groups is 2. The molecule has 0 aromatic carbocycles. The van der Waals surface area contributed by atoms with Crippen LogP contribution in [0.2, 0.25) is 0 Å². The van der Waals surface area contributed by atoms with Crippen molar-refractivity contribution in [2.75, 3.05) is 23.9 Å². The maximum Gasteiger partial charge on any atom is 0.248 e. The molecule has 0 saturated carbocycles. The molecule has 3 aliphatic heterocycles. The summed E-state index contributed by atoms with van der Waals surface area (Å²) in [7, 11) is 1.65. The van der Waals surface area contributed by atoms with Crippen LogP contribution in [0, 0.1) is 5.82 Å². The second-order valence-electron chi connectivity index (χ2n) is 10.1. The number of aryl methyl sites for hydroxylation is 1. The quantitative estimate of drug-likeness (QED) is 0.479. The van der Waals surface area contributed by atoms with Gasteiger partial charge in [0.15, 0.2) is 17.2 Å². The fraction of sp³-hybridized carbons (Fsp3) is 0.440. The molecule has 0 unspecified atom stereocenters. The lowest BCUT2D eigenvalue weighted by molar-refractivity contribution is -0.138. The average molecular weight is 522 g/mol. The molecule has 3 N–H and O–H groups in total. The minimum absolute atomic E-state index is 0.00776. The smallest absolute Gasteiger partial charge is 0.248 e. The van der Waals surface area contributed by atoms with Crippen LogP contribution in [-0.2, 0) is 11.8 Å². The van der Waals surface area contributed by atoms with Crippen LogP contribution in [0.4, 0.5) is 15.9 Å². The summed E-state index contributed by atoms with van der Waals surface area (Å²) in [6.45, 7) is 1.15. The third kappa shape index (κ3) is 3.76. The van der Waals surface area contributed by atoms with Crippen molar-refractivity contribution in [2.24, 2.45) is 12.0 Å². The third-order valence-electron chi connectivity index (χ3n) is 7.73. The van der Waals surface area contributed by atoms with Gasteiger partial charge < -0.3 is 20.6 Å². The number of aliphatic hydroxyl groups is 1. The van der Waals surface area contributed by atoms with E-state index < -0.39 is 12.4 Å². The Kier molecular flexibility index (Phi) is 5.74. The number of allylic oxidation sites excluding steroid dienone is 1. The predicted molar refractivity (Wildman–Crippen MR) is 136 cm³/mol. The molecule has 2 bridgehead atoms. The minimum Gasteiger partial charge on any atom is -0.387 e. The zero-order valence-electron chi connectivity index (χ0n) is 21.1. The lowest BCUT2D eigenvalue weighted by atomic mass is 9.85. The number of nitrogen functional groups attached to an aromatic ring is 1. The van der Waals surface area contributed by atoms with Gasteiger partial charge in [-0.3, -0.25) is 19.3 Å². The summed E-state index contributed by atoms with van der Waals surface area (Å²) in [5, 5.41) is 18.0. The zero-order chi connectivity index (χ0) is 26.7. The Morgan fingerprint density at radius 2 is 1.97 bits per heavy atom. The Morgan fingerprint density at radius 1 is 1.24 bits per heavy atom. The van der Waals surface area contributed by atoms with Crippen molar-refractivity contribution in [3.8, 4) is 0 Å². The molecule has 3 aromatic heterocycles. The molecule has 0 radical (unpaired) electrons. The number of anilines is 2. The summed E-state index contributed by atoms with van der Waals surface area (Å²) in [6.07, 6.45) is 9.34. The van der Waals surface area contributed by atoms with Gasteiger partial charge in [0.25, 0.3) is 0 Å². The van der Waals surface area contributed by atoms with E-state index in [1.807, 2.05) is 4.90 Å². The van der Waals surface area contributed by atoms with Crippen LogP contribution in [0.5, 0.6) is 0 Å². The number of piperidine rings is 1. The van der Waals surface area contributed by atoms with Gasteiger partial charge >= 0.3 is 0 Å². The molecule has 38 heavy (non-hydrogen) atoms. The Labute approximate surface area is 217 Å². The zero-order valence-corrected chi connectivity index (χ0v) is 21.1. The molecule has 3 aliphatic rings. The molecule has 198 valence electrons. The standard InChI is InChI=1S/C25H28FN9O3/c1-13(37)21-22(14-7-15-3-4-16(8-14)34(15)20(38)11-36)30-25-19(9-29-35(25)24(21)27)33-6-5-18(28-12-33)23-17(26)10-32(2)31-23/h5-6,9-10,14-16,36H,3-4,7-8,11-12,27H2,1-2H3/t14-,15+,16-. The largest absolute Gasteiger partial charge is 0.387 e. The number of Topliss-reactive ketones (excluding diaryl/α,β-unsaturated/α-hetero) is 1. The number of carbonyl (C=O) groups excluding carboxylic acids is 2. The van der Waals surface area contributed by atoms with Crippen LogP contribution < -0.4 is 10.6 Å². The lowest BCUT2D eigenvalue weighted by Crippen LogP contribution is -2.47. The number of aliphatic hydroxyl groups excluding tert-OH is 1. The van der Waals surface area contributed by atoms with Crippen molar-refractivity contribution in [1.82, 2.24) is 29.3 Å². The van der Waals surface area contributed by atoms with Gasteiger partial charge in [0.1, 0.15) is 30.5 Å². The number of halogens is 1. The SMILES string of the molecule is CC(=O)c1c([C@H]2C[C@H]3CC[C@@H](C2)N3C(=O)CO)nc2c(N3C=CC(c4nn(C)cc4F)=NC3)cnn2c1N. The molecule has 13 heteroatoms. The first-order chi connectivity index (χ1) is 18.3. The van der Waals surface area contributed by atoms with E-state index in [9.17, 15) is 19.1 Å². The van der Waals surface area contributed by atoms with Gasteiger partial charge in [-0.15, -0.1) is 0 Å². The number of rotatable bonds is 5. The van der Waals surface area contributed by atoms with Crippen LogP contribution in [0.15, 0.2) is 29.7 Å². The lowest BCUT2D eigenvalue weighted by Gasteiger charge is -2.39. The van der Waals surface area contributed by atoms with Crippen LogP contribution in [-0.4, -0.2) is 77.1 Å². The van der Waals surface area contributed by atoms with E-state index >= 15 is 0 Å². The summed E-state index contributed by atoms with van der Waals surface area (Å²) in [4.78, 5) is 38.1. The maximum atomic E-state index is 14.2. The van der Waals surface area contributed by atoms with Gasteiger partial charge in [0.2, 0.25) is 5.91 Å². The topological polar surface area (TPSA) is 147 Å². The number of fused-ring (bicyclic) bond motifs is 3. The molecule has 3 aromatic rings. The normalized spacial score (nSPS) is 22.8. The van der Waals surface area contributed by atoms with E-state index in [0.717, 1.165) is 12.8 Å². The molecule has 0 spiro atoms. The predicted octanol–water partition coefficient (Wildman–Crippen LogP) is 1.40. The third-order valence-corrected chi connectivity index (χ3v) is 7.73. The molecule has 2 saturated heterocycles. The van der Waals surface area contributed by atoms with Gasteiger partial charge in [-0.2, -0.15) is 14.7 Å². The first-order valence-corrected chi connectivity index (χ1v) is 12.6. The molecule has 6 heterocycles. The number of aliphatic imine (C=N–C) groups is 1. The Morgan fingerprint density at radius 3 is 2.55 bits per heavy atom. The molecule has 0 aliphatic carbocycles. The Bertz CT molecular complexity index is 1510. The highest BCUT2D eigenvalue weighted by Gasteiger charge is 2.44. The second-order valence-corrected chi connectivity index (χ2v) is 10.1. The number of hydrogen-bond donors (Lipinski definition) is 2. The molecule has 2 fully saturated rings. The maximum absolute atomic E-state index is 14.2. The van der Waals surface area contributed by atoms with E-state index in [0.29, 0.717) is 41.1 Å². The molecule has 6 rings (SSSR count). The van der Waals surface area contributed by atoms with Gasteiger partial charge in [-0.05, 0) is 38.7 Å². The Hall–Kier alpha value is -4.13. The van der Waals surface area contributed by atoms with Crippen LogP contribution in [0.3, 0.4) is 0 Å². The van der Waals surface area contributed by atoms with Crippen LogP contribution in [0.1, 0.15) is 60.3 Å². The average Bonchev–Trinajstić information content (AvgIpc) is 3.56. The van der Waals surface area contributed by atoms with Crippen molar-refractivity contribution in [3.05, 3.63) is 47.4 Å². The van der Waals surface area contributed by atoms with Crippen LogP contribution in [0.25, 0.3) is 5.65 Å². The highest BCUT2D eigenvalue weighted by molar-refractivity contribution is 6.08. The summed E-state index contributed by atoms with van der Waals surface area (Å²) < 4.78 is 17.0. The van der Waals surface area contributed by atoms with Gasteiger partial charge in [0.05, 0.1) is 29.4 Å². The first kappa shape index (κ1) is 24.2. The number of nitrogens with two attached hydrogens (primary N) is 1. The van der Waals surface area contributed by atoms with Gasteiger partial charge in [-0.25, -0.2) is 9.37 Å². The molecular weight excluding hydrogens is 493 g/mol.